The van der Waals surface area contributed by atoms with Crippen LogP contribution in [0.5, 0.6) is 5.75 Å². The van der Waals surface area contributed by atoms with Gasteiger partial charge >= 0.3 is 12.1 Å². The van der Waals surface area contributed by atoms with Crippen LogP contribution < -0.4 is 15.0 Å². The molecule has 1 aromatic carbocycles. The molecule has 12 nitrogen and oxygen atoms in total. The van der Waals surface area contributed by atoms with Gasteiger partial charge in [0.25, 0.3) is 0 Å². The van der Waals surface area contributed by atoms with Gasteiger partial charge in [-0.3, -0.25) is 14.9 Å². The van der Waals surface area contributed by atoms with Gasteiger partial charge in [-0.25, -0.2) is 9.59 Å². The molecule has 14 heteroatoms. The molecule has 3 heterocycles. The van der Waals surface area contributed by atoms with E-state index in [-0.39, 0.29) is 36.6 Å². The van der Waals surface area contributed by atoms with Gasteiger partial charge < -0.3 is 33.9 Å². The van der Waals surface area contributed by atoms with Gasteiger partial charge in [0.1, 0.15) is 40.3 Å². The molecule has 49 heavy (non-hydrogen) atoms. The highest BCUT2D eigenvalue weighted by Gasteiger charge is 2.64. The fraction of sp³-hybridized carbons (Fsp3) is 0.600. The van der Waals surface area contributed by atoms with Gasteiger partial charge in [0.2, 0.25) is 11.8 Å². The number of hydrogen-bond donors (Lipinski definition) is 3. The van der Waals surface area contributed by atoms with Crippen LogP contribution in [0, 0.1) is 5.92 Å². The van der Waals surface area contributed by atoms with Crippen molar-refractivity contribution < 1.29 is 43.2 Å². The van der Waals surface area contributed by atoms with Gasteiger partial charge in [0.15, 0.2) is 0 Å². The number of hydrogen-bond acceptors (Lipinski definition) is 10. The summed E-state index contributed by atoms with van der Waals surface area (Å²) in [6.07, 6.45) is 3.51. The molecule has 0 saturated carbocycles. The van der Waals surface area contributed by atoms with E-state index in [1.807, 2.05) is 32.1 Å². The van der Waals surface area contributed by atoms with E-state index in [0.29, 0.717) is 30.0 Å². The molecular formula is C35H48ClN3O9S. The first-order chi connectivity index (χ1) is 23.0. The van der Waals surface area contributed by atoms with Crippen LogP contribution in [0.25, 0.3) is 0 Å². The maximum Gasteiger partial charge on any atom is 0.409 e. The Labute approximate surface area is 298 Å². The number of nitrogens with zero attached hydrogens (tertiary/aromatic N) is 2. The van der Waals surface area contributed by atoms with E-state index in [9.17, 15) is 24.3 Å². The number of ether oxygens (including phenoxy) is 4. The maximum atomic E-state index is 14.0. The molecule has 3 amide bonds. The zero-order chi connectivity index (χ0) is 36.3. The minimum Gasteiger partial charge on any atom is -0.495 e. The number of thiol groups is 1. The molecule has 0 spiro atoms. The lowest BCUT2D eigenvalue weighted by atomic mass is 9.84. The van der Waals surface area contributed by atoms with Crippen LogP contribution in [0.15, 0.2) is 35.9 Å². The van der Waals surface area contributed by atoms with Crippen LogP contribution in [0.3, 0.4) is 0 Å². The zero-order valence-electron chi connectivity index (χ0n) is 29.2. The number of fused-ring (bicyclic) bond motifs is 5. The molecule has 0 radical (unpaired) electrons. The maximum absolute atomic E-state index is 14.0. The number of methoxy groups -OCH3 is 1. The highest BCUT2D eigenvalue weighted by molar-refractivity contribution is 7.80. The first kappa shape index (κ1) is 38.5. The molecule has 0 unspecified atom stereocenters. The number of carbonyl (C=O) groups excluding carboxylic acids is 4. The monoisotopic (exact) mass is 721 g/mol. The zero-order valence-corrected chi connectivity index (χ0v) is 30.8. The summed E-state index contributed by atoms with van der Waals surface area (Å²) in [6, 6.07) is 2.67. The number of esters is 1. The van der Waals surface area contributed by atoms with Crippen molar-refractivity contribution in [2.75, 3.05) is 31.9 Å². The molecule has 1 aromatic rings. The SMILES string of the molecule is COc1cc2cc(c1Cl)N(C)C(=O)C[C@H](OC(=O)[C@H](C)N(C)C(=O)CCCS)[C@]1(C)O[C@H]1[C@H](C)[C@@H]1C[C@](O)(C/C=C/C=C(/C)C2)NC(=O)O1. The standard InChI is InChI=1S/C35H48ClN3O9S/c1-20-11-8-9-13-35(44)19-26(46-33(43)37-35)21(2)31-34(4,48-31)27(47-32(42)22(3)38(5)28(40)12-10-14-49)18-29(41)39(6)24-16-23(15-20)17-25(45-7)30(24)36/h8-9,11,16-17,21-22,26-27,31,44,49H,10,12-15,18-19H2,1-7H3,(H,37,43)/b9-8+,20-11-/t21-,22+,26+,27+,31+,34+,35-/m1/s1. The van der Waals surface area contributed by atoms with Gasteiger partial charge in [-0.15, -0.1) is 0 Å². The Hall–Kier alpha value is -3.26. The second-order valence-electron chi connectivity index (χ2n) is 13.4. The van der Waals surface area contributed by atoms with Crippen molar-refractivity contribution in [1.82, 2.24) is 10.2 Å². The summed E-state index contributed by atoms with van der Waals surface area (Å²) in [5, 5.41) is 14.1. The Morgan fingerprint density at radius 3 is 2.69 bits per heavy atom. The Bertz CT molecular complexity index is 1500. The normalized spacial score (nSPS) is 31.2. The van der Waals surface area contributed by atoms with Gasteiger partial charge in [-0.1, -0.05) is 42.3 Å². The van der Waals surface area contributed by atoms with E-state index in [4.69, 9.17) is 30.5 Å². The van der Waals surface area contributed by atoms with Crippen LogP contribution in [-0.4, -0.2) is 96.5 Å². The van der Waals surface area contributed by atoms with Crippen molar-refractivity contribution in [2.45, 2.75) is 102 Å². The molecule has 270 valence electrons. The summed E-state index contributed by atoms with van der Waals surface area (Å²) in [5.41, 5.74) is -0.501. The molecule has 7 atom stereocenters. The van der Waals surface area contributed by atoms with E-state index in [0.717, 1.165) is 11.1 Å². The summed E-state index contributed by atoms with van der Waals surface area (Å²) in [7, 11) is 4.61. The number of aliphatic hydroxyl groups is 1. The predicted molar refractivity (Wildman–Crippen MR) is 188 cm³/mol. The van der Waals surface area contributed by atoms with Gasteiger partial charge in [-0.2, -0.15) is 12.6 Å². The Kier molecular flexibility index (Phi) is 12.4. The predicted octanol–water partition coefficient (Wildman–Crippen LogP) is 4.60. The molecular weight excluding hydrogens is 674 g/mol. The first-order valence-electron chi connectivity index (χ1n) is 16.4. The molecule has 3 aliphatic heterocycles. The summed E-state index contributed by atoms with van der Waals surface area (Å²) in [6.45, 7) is 7.07. The van der Waals surface area contributed by atoms with E-state index in [1.165, 1.54) is 24.0 Å². The average Bonchev–Trinajstić information content (AvgIpc) is 3.75. The van der Waals surface area contributed by atoms with Crippen molar-refractivity contribution in [2.24, 2.45) is 5.92 Å². The molecule has 4 bridgehead atoms. The van der Waals surface area contributed by atoms with Crippen molar-refractivity contribution in [3.63, 3.8) is 0 Å². The summed E-state index contributed by atoms with van der Waals surface area (Å²) in [4.78, 5) is 55.6. The van der Waals surface area contributed by atoms with E-state index < -0.39 is 59.6 Å². The second kappa shape index (κ2) is 15.7. The van der Waals surface area contributed by atoms with E-state index >= 15 is 0 Å². The third kappa shape index (κ3) is 8.92. The Morgan fingerprint density at radius 2 is 2.02 bits per heavy atom. The molecule has 3 aliphatic rings. The van der Waals surface area contributed by atoms with Crippen molar-refractivity contribution in [3.8, 4) is 5.75 Å². The number of alkyl carbamates (subject to hydrolysis) is 1. The van der Waals surface area contributed by atoms with Gasteiger partial charge in [0.05, 0.1) is 25.3 Å². The van der Waals surface area contributed by atoms with Crippen molar-refractivity contribution >= 4 is 53.8 Å². The van der Waals surface area contributed by atoms with Crippen LogP contribution in [-0.2, 0) is 35.0 Å². The van der Waals surface area contributed by atoms with E-state index in [1.54, 1.807) is 33.0 Å². The Morgan fingerprint density at radius 1 is 1.31 bits per heavy atom. The third-order valence-corrected chi connectivity index (χ3v) is 10.4. The number of benzene rings is 1. The lowest BCUT2D eigenvalue weighted by Gasteiger charge is -2.39. The topological polar surface area (TPSA) is 147 Å². The quantitative estimate of drug-likeness (QED) is 0.209. The van der Waals surface area contributed by atoms with Crippen molar-refractivity contribution in [1.29, 1.82) is 0 Å². The number of halogens is 1. The number of nitrogens with one attached hydrogen (secondary N) is 1. The minimum absolute atomic E-state index is 0.0787. The molecule has 0 aliphatic carbocycles. The number of rotatable bonds is 7. The van der Waals surface area contributed by atoms with Crippen LogP contribution >= 0.6 is 24.2 Å². The number of carbonyl (C=O) groups is 4. The third-order valence-electron chi connectivity index (χ3n) is 9.70. The second-order valence-corrected chi connectivity index (χ2v) is 14.3. The van der Waals surface area contributed by atoms with E-state index in [2.05, 4.69) is 17.9 Å². The van der Waals surface area contributed by atoms with Crippen molar-refractivity contribution in [3.05, 3.63) is 46.5 Å². The highest BCUT2D eigenvalue weighted by atomic mass is 35.5. The summed E-state index contributed by atoms with van der Waals surface area (Å²) < 4.78 is 23.4. The molecule has 2 fully saturated rings. The summed E-state index contributed by atoms with van der Waals surface area (Å²) >= 11 is 10.9. The highest BCUT2D eigenvalue weighted by Crippen LogP contribution is 2.49. The number of epoxide rings is 1. The lowest BCUT2D eigenvalue weighted by molar-refractivity contribution is -0.162. The Balaban J connectivity index is 1.72. The number of anilines is 1. The van der Waals surface area contributed by atoms with Gasteiger partial charge in [0, 0.05) is 39.3 Å². The fourth-order valence-electron chi connectivity index (χ4n) is 6.35. The molecule has 2 N–H and O–H groups in total. The van der Waals surface area contributed by atoms with Gasteiger partial charge in [-0.05, 0) is 57.1 Å². The first-order valence-corrected chi connectivity index (χ1v) is 17.5. The average molecular weight is 722 g/mol. The van der Waals surface area contributed by atoms with Crippen LogP contribution in [0.4, 0.5) is 10.5 Å². The molecule has 4 rings (SSSR count). The van der Waals surface area contributed by atoms with Crippen LogP contribution in [0.2, 0.25) is 5.02 Å². The van der Waals surface area contributed by atoms with Crippen LogP contribution in [0.1, 0.15) is 65.4 Å². The molecule has 2 saturated heterocycles. The lowest BCUT2D eigenvalue weighted by Crippen LogP contribution is -2.57. The fourth-order valence-corrected chi connectivity index (χ4v) is 6.82. The number of allylic oxidation sites excluding steroid dienone is 3. The number of amides is 3. The smallest absolute Gasteiger partial charge is 0.409 e. The minimum atomic E-state index is -1.57. The summed E-state index contributed by atoms with van der Waals surface area (Å²) in [5.74, 6) is -0.893. The number of likely N-dealkylation sites (N-methyl/N-ethyl adjacent to an activating group) is 1. The largest absolute Gasteiger partial charge is 0.495 e. The molecule has 0 aromatic heterocycles.